The van der Waals surface area contributed by atoms with Crippen molar-refractivity contribution in [3.8, 4) is 34.1 Å². The Kier molecular flexibility index (Phi) is 5.04. The zero-order valence-electron chi connectivity index (χ0n) is 22.0. The summed E-state index contributed by atoms with van der Waals surface area (Å²) in [5.74, 6) is 6.99. The van der Waals surface area contributed by atoms with Crippen molar-refractivity contribution in [3.05, 3.63) is 143 Å². The van der Waals surface area contributed by atoms with Crippen molar-refractivity contribution in [1.82, 2.24) is 0 Å². The van der Waals surface area contributed by atoms with E-state index in [1.807, 2.05) is 18.2 Å². The Labute approximate surface area is 224 Å². The lowest BCUT2D eigenvalue weighted by atomic mass is 9.80. The van der Waals surface area contributed by atoms with E-state index in [-0.39, 0.29) is 5.41 Å². The van der Waals surface area contributed by atoms with Gasteiger partial charge in [-0.1, -0.05) is 128 Å². The Hall–Kier alpha value is -4.60. The van der Waals surface area contributed by atoms with Crippen LogP contribution in [0.15, 0.2) is 115 Å². The minimum atomic E-state index is -0.0371. The molecule has 0 aromatic heterocycles. The number of hydrogen-bond donors (Lipinski definition) is 0. The van der Waals surface area contributed by atoms with Crippen molar-refractivity contribution < 1.29 is 0 Å². The molecular weight excluding hydrogens is 456 g/mol. The minimum Gasteiger partial charge on any atom is -0.0622 e. The monoisotopic (exact) mass is 484 g/mol. The maximum atomic E-state index is 3.56. The van der Waals surface area contributed by atoms with Crippen molar-refractivity contribution in [2.75, 3.05) is 0 Å². The van der Waals surface area contributed by atoms with Gasteiger partial charge in [0.05, 0.1) is 0 Å². The van der Waals surface area contributed by atoms with Crippen LogP contribution in [0.25, 0.3) is 43.8 Å². The molecule has 0 aliphatic heterocycles. The zero-order chi connectivity index (χ0) is 25.9. The lowest BCUT2D eigenvalue weighted by molar-refractivity contribution is 0.660. The van der Waals surface area contributed by atoms with Gasteiger partial charge in [0.25, 0.3) is 0 Å². The summed E-state index contributed by atoms with van der Waals surface area (Å²) in [6.07, 6.45) is 0. The van der Waals surface area contributed by atoms with Crippen LogP contribution in [0.3, 0.4) is 0 Å². The first-order valence-corrected chi connectivity index (χ1v) is 13.3. The van der Waals surface area contributed by atoms with Crippen LogP contribution in [0.5, 0.6) is 0 Å². The summed E-state index contributed by atoms with van der Waals surface area (Å²) >= 11 is 0. The molecule has 0 amide bonds. The third kappa shape index (κ3) is 3.40. The molecule has 0 saturated heterocycles. The van der Waals surface area contributed by atoms with Crippen molar-refractivity contribution in [2.24, 2.45) is 0 Å². The molecule has 0 unspecified atom stereocenters. The van der Waals surface area contributed by atoms with Gasteiger partial charge in [-0.25, -0.2) is 0 Å². The quantitative estimate of drug-likeness (QED) is 0.161. The Morgan fingerprint density at radius 3 is 2.05 bits per heavy atom. The van der Waals surface area contributed by atoms with Crippen LogP contribution in [0.4, 0.5) is 0 Å². The van der Waals surface area contributed by atoms with E-state index in [0.29, 0.717) is 0 Å². The first-order valence-electron chi connectivity index (χ1n) is 13.3. The smallest absolute Gasteiger partial charge is 0.0406 e. The van der Waals surface area contributed by atoms with Crippen molar-refractivity contribution in [2.45, 2.75) is 26.2 Å². The van der Waals surface area contributed by atoms with Crippen LogP contribution in [0, 0.1) is 18.8 Å². The van der Waals surface area contributed by atoms with Crippen molar-refractivity contribution in [1.29, 1.82) is 0 Å². The first kappa shape index (κ1) is 22.6. The number of aryl methyl sites for hydroxylation is 1. The minimum absolute atomic E-state index is 0.0371. The molecule has 0 atom stereocenters. The fourth-order valence-corrected chi connectivity index (χ4v) is 6.25. The highest BCUT2D eigenvalue weighted by Crippen LogP contribution is 2.50. The number of fused-ring (bicyclic) bond motifs is 5. The van der Waals surface area contributed by atoms with Gasteiger partial charge in [0, 0.05) is 16.5 Å². The second-order valence-corrected chi connectivity index (χ2v) is 10.9. The molecule has 180 valence electrons. The molecule has 0 heterocycles. The van der Waals surface area contributed by atoms with Crippen LogP contribution in [0.1, 0.15) is 41.7 Å². The Bertz CT molecular complexity index is 1940. The Morgan fingerprint density at radius 2 is 1.21 bits per heavy atom. The zero-order valence-corrected chi connectivity index (χ0v) is 22.0. The molecule has 0 bridgehead atoms. The van der Waals surface area contributed by atoms with Crippen molar-refractivity contribution >= 4 is 21.5 Å². The molecule has 1 aliphatic rings. The molecule has 0 spiro atoms. The molecule has 0 saturated carbocycles. The maximum Gasteiger partial charge on any atom is 0.0406 e. The van der Waals surface area contributed by atoms with E-state index in [1.54, 1.807) is 0 Å². The van der Waals surface area contributed by atoms with Gasteiger partial charge in [0.15, 0.2) is 0 Å². The highest BCUT2D eigenvalue weighted by Gasteiger charge is 2.35. The Balaban J connectivity index is 1.53. The molecule has 0 fully saturated rings. The standard InChI is InChI=1S/C38H28/c1-25-17-20-30-29(21-18-26-11-5-4-6-12-26)28-13-7-8-15-33(28)37(34(30)23-25)27-19-22-32-31-14-9-10-16-35(31)38(2,3)36(32)24-27/h4-17,19-20,22-24H,1-3H3. The molecule has 38 heavy (non-hydrogen) atoms. The molecule has 1 aliphatic carbocycles. The number of benzene rings is 6. The molecular formula is C38H28. The van der Waals surface area contributed by atoms with Gasteiger partial charge in [0.1, 0.15) is 0 Å². The summed E-state index contributed by atoms with van der Waals surface area (Å²) in [4.78, 5) is 0. The van der Waals surface area contributed by atoms with E-state index < -0.39 is 0 Å². The average Bonchev–Trinajstić information content (AvgIpc) is 3.18. The molecule has 6 aromatic rings. The van der Waals surface area contributed by atoms with Gasteiger partial charge in [-0.3, -0.25) is 0 Å². The fourth-order valence-electron chi connectivity index (χ4n) is 6.25. The van der Waals surface area contributed by atoms with E-state index in [1.165, 1.54) is 60.5 Å². The normalized spacial score (nSPS) is 13.1. The second kappa shape index (κ2) is 8.47. The van der Waals surface area contributed by atoms with Gasteiger partial charge >= 0.3 is 0 Å². The largest absolute Gasteiger partial charge is 0.0622 e. The second-order valence-electron chi connectivity index (χ2n) is 10.9. The highest BCUT2D eigenvalue weighted by molar-refractivity contribution is 6.16. The SMILES string of the molecule is Cc1ccc2c(C#Cc3ccccc3)c3ccccc3c(-c3ccc4c(c3)C(C)(C)c3ccccc3-4)c2c1. The summed E-state index contributed by atoms with van der Waals surface area (Å²) in [5, 5.41) is 4.91. The lowest BCUT2D eigenvalue weighted by Gasteiger charge is -2.22. The number of hydrogen-bond acceptors (Lipinski definition) is 0. The summed E-state index contributed by atoms with van der Waals surface area (Å²) in [6.45, 7) is 6.88. The van der Waals surface area contributed by atoms with E-state index in [4.69, 9.17) is 0 Å². The summed E-state index contributed by atoms with van der Waals surface area (Å²) < 4.78 is 0. The van der Waals surface area contributed by atoms with E-state index in [0.717, 1.165) is 11.1 Å². The van der Waals surface area contributed by atoms with Gasteiger partial charge in [-0.15, -0.1) is 0 Å². The van der Waals surface area contributed by atoms with Gasteiger partial charge in [0.2, 0.25) is 0 Å². The molecule has 0 heteroatoms. The van der Waals surface area contributed by atoms with Crippen molar-refractivity contribution in [3.63, 3.8) is 0 Å². The topological polar surface area (TPSA) is 0 Å². The summed E-state index contributed by atoms with van der Waals surface area (Å²) in [6, 6.07) is 41.7. The average molecular weight is 485 g/mol. The molecule has 0 radical (unpaired) electrons. The highest BCUT2D eigenvalue weighted by atomic mass is 14.4. The van der Waals surface area contributed by atoms with Crippen LogP contribution >= 0.6 is 0 Å². The van der Waals surface area contributed by atoms with E-state index in [9.17, 15) is 0 Å². The number of rotatable bonds is 1. The van der Waals surface area contributed by atoms with Gasteiger partial charge in [-0.2, -0.15) is 0 Å². The third-order valence-corrected chi connectivity index (χ3v) is 8.16. The summed E-state index contributed by atoms with van der Waals surface area (Å²) in [5.41, 5.74) is 11.4. The molecule has 0 N–H and O–H groups in total. The van der Waals surface area contributed by atoms with E-state index >= 15 is 0 Å². The molecule has 7 rings (SSSR count). The van der Waals surface area contributed by atoms with Crippen LogP contribution in [-0.2, 0) is 5.41 Å². The lowest BCUT2D eigenvalue weighted by Crippen LogP contribution is -2.14. The predicted molar refractivity (Wildman–Crippen MR) is 162 cm³/mol. The van der Waals surface area contributed by atoms with Crippen LogP contribution in [0.2, 0.25) is 0 Å². The predicted octanol–water partition coefficient (Wildman–Crippen LogP) is 9.67. The van der Waals surface area contributed by atoms with Crippen LogP contribution < -0.4 is 0 Å². The third-order valence-electron chi connectivity index (χ3n) is 8.16. The first-order chi connectivity index (χ1) is 18.5. The summed E-state index contributed by atoms with van der Waals surface area (Å²) in [7, 11) is 0. The Morgan fingerprint density at radius 1 is 0.526 bits per heavy atom. The van der Waals surface area contributed by atoms with Gasteiger partial charge in [-0.05, 0) is 80.0 Å². The maximum absolute atomic E-state index is 3.56. The molecule has 6 aromatic carbocycles. The fraction of sp³-hybridized carbons (Fsp3) is 0.105. The van der Waals surface area contributed by atoms with E-state index in [2.05, 4.69) is 130 Å². The molecule has 0 nitrogen and oxygen atoms in total. The van der Waals surface area contributed by atoms with Gasteiger partial charge < -0.3 is 0 Å². The van der Waals surface area contributed by atoms with Crippen LogP contribution in [-0.4, -0.2) is 0 Å².